The number of hydrogen-bond acceptors (Lipinski definition) is 6. The van der Waals surface area contributed by atoms with Crippen molar-refractivity contribution < 1.29 is 4.79 Å². The zero-order valence-corrected chi connectivity index (χ0v) is 26.6. The maximum atomic E-state index is 10.9. The smallest absolute Gasteiger partial charge is 0.257 e. The first-order valence-electron chi connectivity index (χ1n) is 14.9. The Morgan fingerprint density at radius 2 is 1.95 bits per heavy atom. The van der Waals surface area contributed by atoms with E-state index in [1.54, 1.807) is 31.5 Å². The molecular formula is C37H49N5O. The third kappa shape index (κ3) is 12.5. The van der Waals surface area contributed by atoms with E-state index in [-0.39, 0.29) is 0 Å². The molecule has 0 saturated carbocycles. The minimum Gasteiger partial charge on any atom is -0.405 e. The van der Waals surface area contributed by atoms with Crippen LogP contribution in [0.3, 0.4) is 0 Å². The number of carbonyl (C=O) groups excluding carboxylic acids is 1. The molecule has 1 aliphatic rings. The first kappa shape index (κ1) is 36.5. The molecule has 0 radical (unpaired) electrons. The summed E-state index contributed by atoms with van der Waals surface area (Å²) >= 11 is 0. The second-order valence-corrected chi connectivity index (χ2v) is 10.4. The lowest BCUT2D eigenvalue weighted by atomic mass is 9.86. The number of fused-ring (bicyclic) bond motifs is 1. The number of ketones is 1. The van der Waals surface area contributed by atoms with E-state index in [1.165, 1.54) is 34.9 Å². The Morgan fingerprint density at radius 3 is 2.56 bits per heavy atom. The molecule has 1 heterocycles. The van der Waals surface area contributed by atoms with Crippen LogP contribution in [0.25, 0.3) is 11.8 Å². The van der Waals surface area contributed by atoms with Crippen molar-refractivity contribution in [1.29, 1.82) is 5.26 Å². The van der Waals surface area contributed by atoms with Crippen LogP contribution in [0.1, 0.15) is 99.0 Å². The van der Waals surface area contributed by atoms with Crippen LogP contribution in [0.5, 0.6) is 0 Å². The molecular weight excluding hydrogens is 530 g/mol. The van der Waals surface area contributed by atoms with Crippen molar-refractivity contribution in [2.24, 2.45) is 5.73 Å². The van der Waals surface area contributed by atoms with E-state index in [1.807, 2.05) is 26.0 Å². The number of aryl methyl sites for hydroxylation is 2. The summed E-state index contributed by atoms with van der Waals surface area (Å²) in [4.78, 5) is 19.7. The van der Waals surface area contributed by atoms with Gasteiger partial charge >= 0.3 is 0 Å². The van der Waals surface area contributed by atoms with Crippen molar-refractivity contribution in [3.63, 3.8) is 0 Å². The van der Waals surface area contributed by atoms with E-state index >= 15 is 0 Å². The molecule has 6 heteroatoms. The second kappa shape index (κ2) is 20.4. The zero-order chi connectivity index (χ0) is 32.2. The lowest BCUT2D eigenvalue weighted by molar-refractivity contribution is -0.110. The van der Waals surface area contributed by atoms with E-state index in [0.717, 1.165) is 67.6 Å². The number of allylic oxidation sites excluding steroid dienone is 5. The quantitative estimate of drug-likeness (QED) is 0.0859. The molecule has 3 N–H and O–H groups in total. The molecule has 1 aromatic heterocycles. The standard InChI is InChI=1S/C21H25N3.C13H17NO.C3H7N/c1-5-16-10-11-19-17(12-16)8-7-9-20(19)24-15(4)21-18(6-2)14(3)22-13-23-21;1-4-5-6-7-8-11(2)9-12(3)13(15)10-14;1-2-3-4/h5,10-13,20,24H,1,4,6-9H2,2-3H3;4,9H,1-2,5-8H2,3H3;2-3H,4H2,1H3/b;12-9+;3-2+/t20-;;/m0../s1. The van der Waals surface area contributed by atoms with E-state index in [9.17, 15) is 4.79 Å². The molecule has 6 nitrogen and oxygen atoms in total. The van der Waals surface area contributed by atoms with Crippen LogP contribution in [-0.2, 0) is 17.6 Å². The summed E-state index contributed by atoms with van der Waals surface area (Å²) in [5, 5.41) is 12.0. The largest absolute Gasteiger partial charge is 0.405 e. The summed E-state index contributed by atoms with van der Waals surface area (Å²) in [7, 11) is 0. The van der Waals surface area contributed by atoms with Crippen molar-refractivity contribution >= 4 is 17.6 Å². The van der Waals surface area contributed by atoms with Gasteiger partial charge in [0.25, 0.3) is 5.78 Å². The SMILES string of the molecule is C/C=C/N.C=CCCCCC(=C)/C=C(\C)C(=O)C#N.C=Cc1ccc2c(c1)CCC[C@@H]2NC(=C)c1ncnc(C)c1CC. The minimum absolute atomic E-state index is 0.292. The van der Waals surface area contributed by atoms with Crippen LogP contribution in [0.15, 0.2) is 86.4 Å². The molecule has 2 aromatic rings. The lowest BCUT2D eigenvalue weighted by Crippen LogP contribution is -2.25. The molecule has 1 aliphatic carbocycles. The highest BCUT2D eigenvalue weighted by Gasteiger charge is 2.22. The van der Waals surface area contributed by atoms with Gasteiger partial charge in [-0.3, -0.25) is 4.79 Å². The van der Waals surface area contributed by atoms with Gasteiger partial charge in [0.15, 0.2) is 0 Å². The Kier molecular flexibility index (Phi) is 17.3. The summed E-state index contributed by atoms with van der Waals surface area (Å²) in [6.45, 7) is 23.3. The highest BCUT2D eigenvalue weighted by atomic mass is 16.1. The van der Waals surface area contributed by atoms with Crippen LogP contribution in [0.2, 0.25) is 0 Å². The third-order valence-electron chi connectivity index (χ3n) is 7.09. The predicted octanol–water partition coefficient (Wildman–Crippen LogP) is 8.44. The van der Waals surface area contributed by atoms with E-state index in [4.69, 9.17) is 11.0 Å². The van der Waals surface area contributed by atoms with Gasteiger partial charge in [-0.25, -0.2) is 9.97 Å². The summed E-state index contributed by atoms with van der Waals surface area (Å²) < 4.78 is 0. The number of rotatable bonds is 12. The number of nitriles is 1. The number of nitrogens with zero attached hydrogens (tertiary/aromatic N) is 3. The molecule has 3 rings (SSSR count). The number of Topliss-reactive ketones (excluding diaryl/α,β-unsaturated/α-hetero) is 1. The average molecular weight is 580 g/mol. The minimum atomic E-state index is -0.484. The average Bonchev–Trinajstić information content (AvgIpc) is 3.02. The number of aromatic nitrogens is 2. The topological polar surface area (TPSA) is 105 Å². The summed E-state index contributed by atoms with van der Waals surface area (Å²) in [5.74, 6) is -0.484. The number of benzene rings is 1. The van der Waals surface area contributed by atoms with Crippen molar-refractivity contribution in [2.75, 3.05) is 0 Å². The highest BCUT2D eigenvalue weighted by Crippen LogP contribution is 2.32. The molecule has 43 heavy (non-hydrogen) atoms. The van der Waals surface area contributed by atoms with Crippen LogP contribution in [0.4, 0.5) is 0 Å². The van der Waals surface area contributed by atoms with Gasteiger partial charge in [0, 0.05) is 16.8 Å². The second-order valence-electron chi connectivity index (χ2n) is 10.4. The van der Waals surface area contributed by atoms with Gasteiger partial charge in [-0.15, -0.1) is 6.58 Å². The Labute approximate surface area is 259 Å². The normalized spacial score (nSPS) is 13.7. The fourth-order valence-corrected chi connectivity index (χ4v) is 4.75. The summed E-state index contributed by atoms with van der Waals surface area (Å²) in [6, 6.07) is 8.50. The first-order valence-corrected chi connectivity index (χ1v) is 14.9. The van der Waals surface area contributed by atoms with Crippen LogP contribution in [0, 0.1) is 18.3 Å². The number of nitrogens with one attached hydrogen (secondary N) is 1. The molecule has 0 saturated heterocycles. The van der Waals surface area contributed by atoms with Crippen LogP contribution >= 0.6 is 0 Å². The molecule has 1 atom stereocenters. The van der Waals surface area contributed by atoms with Crippen LogP contribution < -0.4 is 11.1 Å². The Morgan fingerprint density at radius 1 is 1.23 bits per heavy atom. The fraction of sp³-hybridized carbons (Fsp3) is 0.351. The van der Waals surface area contributed by atoms with Gasteiger partial charge in [-0.2, -0.15) is 5.26 Å². The van der Waals surface area contributed by atoms with Gasteiger partial charge in [0.05, 0.1) is 17.4 Å². The molecule has 0 amide bonds. The maximum Gasteiger partial charge on any atom is 0.257 e. The first-order chi connectivity index (χ1) is 20.7. The number of nitrogens with two attached hydrogens (primary N) is 1. The number of carbonyl (C=O) groups is 1. The Hall–Kier alpha value is -4.50. The predicted molar refractivity (Wildman–Crippen MR) is 182 cm³/mol. The molecule has 228 valence electrons. The van der Waals surface area contributed by atoms with Crippen molar-refractivity contribution in [1.82, 2.24) is 15.3 Å². The Balaban J connectivity index is 0.000000418. The number of unbranched alkanes of at least 4 members (excludes halogenated alkanes) is 2. The van der Waals surface area contributed by atoms with Crippen molar-refractivity contribution in [3.05, 3.63) is 120 Å². The number of hydrogen-bond donors (Lipinski definition) is 2. The lowest BCUT2D eigenvalue weighted by Gasteiger charge is -2.28. The molecule has 0 fully saturated rings. The van der Waals surface area contributed by atoms with Gasteiger partial charge in [-0.1, -0.05) is 74.7 Å². The van der Waals surface area contributed by atoms with E-state index in [0.29, 0.717) is 11.6 Å². The zero-order valence-electron chi connectivity index (χ0n) is 26.6. The molecule has 0 aliphatic heterocycles. The molecule has 0 spiro atoms. The van der Waals surface area contributed by atoms with Crippen molar-refractivity contribution in [3.8, 4) is 6.07 Å². The van der Waals surface area contributed by atoms with Gasteiger partial charge in [-0.05, 0) is 95.0 Å². The summed E-state index contributed by atoms with van der Waals surface area (Å²) in [6.07, 6.45) is 18.7. The maximum absolute atomic E-state index is 10.9. The third-order valence-corrected chi connectivity index (χ3v) is 7.09. The fourth-order valence-electron chi connectivity index (χ4n) is 4.75. The van der Waals surface area contributed by atoms with Crippen LogP contribution in [-0.4, -0.2) is 15.8 Å². The van der Waals surface area contributed by atoms with E-state index < -0.39 is 5.78 Å². The molecule has 0 unspecified atom stereocenters. The van der Waals surface area contributed by atoms with Crippen molar-refractivity contribution in [2.45, 2.75) is 85.1 Å². The molecule has 0 bridgehead atoms. The van der Waals surface area contributed by atoms with E-state index in [2.05, 4.69) is 66.7 Å². The summed E-state index contributed by atoms with van der Waals surface area (Å²) in [5.41, 5.74) is 14.2. The van der Waals surface area contributed by atoms with Gasteiger partial charge in [0.2, 0.25) is 0 Å². The highest BCUT2D eigenvalue weighted by molar-refractivity contribution is 6.06. The van der Waals surface area contributed by atoms with Gasteiger partial charge < -0.3 is 11.1 Å². The Bertz CT molecular complexity index is 1360. The molecule has 1 aromatic carbocycles. The monoisotopic (exact) mass is 579 g/mol. The van der Waals surface area contributed by atoms with Gasteiger partial charge in [0.1, 0.15) is 12.4 Å².